The van der Waals surface area contributed by atoms with Gasteiger partial charge in [-0.25, -0.2) is 0 Å². The van der Waals surface area contributed by atoms with Gasteiger partial charge in [0, 0.05) is 12.6 Å². The Labute approximate surface area is 83.5 Å². The zero-order valence-corrected chi connectivity index (χ0v) is 10.5. The number of hydrogen-bond donors (Lipinski definition) is 1. The molecule has 0 radical (unpaired) electrons. The topological polar surface area (TPSA) is 29.3 Å². The first-order valence-electron chi connectivity index (χ1n) is 5.36. The molecule has 1 fully saturated rings. The van der Waals surface area contributed by atoms with Gasteiger partial charge in [0.15, 0.2) is 0 Å². The van der Waals surface area contributed by atoms with Crippen molar-refractivity contribution in [2.24, 2.45) is 11.7 Å². The standard InChI is InChI=1S/C10H24N2Si/c1-9(11)10-5-6-12(7-10)8-13(2,3)4/h9-10H,5-8,11H2,1-4H3. The third kappa shape index (κ3) is 3.79. The second kappa shape index (κ2) is 4.11. The van der Waals surface area contributed by atoms with Crippen LogP contribution in [-0.2, 0) is 0 Å². The summed E-state index contributed by atoms with van der Waals surface area (Å²) in [6, 6.07) is 0.381. The summed E-state index contributed by atoms with van der Waals surface area (Å²) in [7, 11) is -0.901. The van der Waals surface area contributed by atoms with E-state index in [2.05, 4.69) is 31.5 Å². The van der Waals surface area contributed by atoms with E-state index in [4.69, 9.17) is 5.73 Å². The van der Waals surface area contributed by atoms with Crippen LogP contribution in [0.3, 0.4) is 0 Å². The van der Waals surface area contributed by atoms with Gasteiger partial charge in [0.05, 0.1) is 8.07 Å². The molecule has 78 valence electrons. The third-order valence-electron chi connectivity index (χ3n) is 2.75. The first kappa shape index (κ1) is 11.2. The van der Waals surface area contributed by atoms with Crippen molar-refractivity contribution in [2.45, 2.75) is 39.0 Å². The van der Waals surface area contributed by atoms with Crippen molar-refractivity contribution in [3.8, 4) is 0 Å². The van der Waals surface area contributed by atoms with Crippen molar-refractivity contribution in [2.75, 3.05) is 19.3 Å². The molecule has 3 heteroatoms. The molecule has 0 amide bonds. The van der Waals surface area contributed by atoms with Gasteiger partial charge in [-0.1, -0.05) is 19.6 Å². The van der Waals surface area contributed by atoms with E-state index in [1.54, 1.807) is 0 Å². The van der Waals surface area contributed by atoms with E-state index in [0.717, 1.165) is 5.92 Å². The van der Waals surface area contributed by atoms with Gasteiger partial charge in [0.1, 0.15) is 0 Å². The van der Waals surface area contributed by atoms with Gasteiger partial charge >= 0.3 is 0 Å². The fourth-order valence-corrected chi connectivity index (χ4v) is 3.74. The molecule has 2 unspecified atom stereocenters. The maximum atomic E-state index is 5.91. The molecule has 2 nitrogen and oxygen atoms in total. The van der Waals surface area contributed by atoms with Crippen LogP contribution in [-0.4, -0.2) is 38.3 Å². The molecule has 0 saturated carbocycles. The SMILES string of the molecule is CC(N)C1CCN(C[Si](C)(C)C)C1. The lowest BCUT2D eigenvalue weighted by Crippen LogP contribution is -2.40. The quantitative estimate of drug-likeness (QED) is 0.700. The molecule has 2 N–H and O–H groups in total. The van der Waals surface area contributed by atoms with Crippen molar-refractivity contribution in [3.05, 3.63) is 0 Å². The van der Waals surface area contributed by atoms with Crippen LogP contribution >= 0.6 is 0 Å². The second-order valence-corrected chi connectivity index (χ2v) is 11.1. The Morgan fingerprint density at radius 1 is 1.46 bits per heavy atom. The normalized spacial score (nSPS) is 27.9. The van der Waals surface area contributed by atoms with Crippen molar-refractivity contribution in [1.29, 1.82) is 0 Å². The van der Waals surface area contributed by atoms with Gasteiger partial charge in [-0.05, 0) is 32.0 Å². The first-order chi connectivity index (χ1) is 5.88. The first-order valence-corrected chi connectivity index (χ1v) is 9.07. The van der Waals surface area contributed by atoms with Crippen LogP contribution in [0.4, 0.5) is 0 Å². The van der Waals surface area contributed by atoms with Gasteiger partial charge in [-0.2, -0.15) is 0 Å². The fourth-order valence-electron chi connectivity index (χ4n) is 2.11. The van der Waals surface area contributed by atoms with E-state index in [1.807, 2.05) is 0 Å². The van der Waals surface area contributed by atoms with Gasteiger partial charge < -0.3 is 10.6 Å². The highest BCUT2D eigenvalue weighted by atomic mass is 28.3. The molecule has 0 bridgehead atoms. The Morgan fingerprint density at radius 2 is 2.08 bits per heavy atom. The number of nitrogens with zero attached hydrogens (tertiary/aromatic N) is 1. The largest absolute Gasteiger partial charge is 0.328 e. The monoisotopic (exact) mass is 200 g/mol. The minimum atomic E-state index is -0.901. The maximum Gasteiger partial charge on any atom is 0.0599 e. The Kier molecular flexibility index (Phi) is 3.55. The van der Waals surface area contributed by atoms with Crippen molar-refractivity contribution >= 4 is 8.07 Å². The molecule has 13 heavy (non-hydrogen) atoms. The smallest absolute Gasteiger partial charge is 0.0599 e. The molecule has 2 atom stereocenters. The third-order valence-corrected chi connectivity index (χ3v) is 4.15. The van der Waals surface area contributed by atoms with Crippen LogP contribution in [0.5, 0.6) is 0 Å². The van der Waals surface area contributed by atoms with Crippen LogP contribution in [0.2, 0.25) is 19.6 Å². The van der Waals surface area contributed by atoms with Crippen molar-refractivity contribution in [3.63, 3.8) is 0 Å². The van der Waals surface area contributed by atoms with Crippen LogP contribution < -0.4 is 5.73 Å². The molecule has 0 aromatic heterocycles. The molecule has 0 aromatic rings. The van der Waals surface area contributed by atoms with Crippen LogP contribution in [0, 0.1) is 5.92 Å². The van der Waals surface area contributed by atoms with Gasteiger partial charge in [-0.3, -0.25) is 0 Å². The highest BCUT2D eigenvalue weighted by molar-refractivity contribution is 6.76. The fraction of sp³-hybridized carbons (Fsp3) is 1.00. The van der Waals surface area contributed by atoms with Gasteiger partial charge in [-0.15, -0.1) is 0 Å². The lowest BCUT2D eigenvalue weighted by atomic mass is 10.0. The molecule has 0 spiro atoms. The molecule has 1 aliphatic heterocycles. The van der Waals surface area contributed by atoms with Crippen LogP contribution in [0.15, 0.2) is 0 Å². The second-order valence-electron chi connectivity index (χ2n) is 5.70. The summed E-state index contributed by atoms with van der Waals surface area (Å²) in [6.45, 7) is 12.0. The molecule has 1 saturated heterocycles. The molecule has 1 heterocycles. The summed E-state index contributed by atoms with van der Waals surface area (Å²) in [6.07, 6.45) is 2.65. The number of rotatable bonds is 3. The van der Waals surface area contributed by atoms with E-state index >= 15 is 0 Å². The average molecular weight is 200 g/mol. The average Bonchev–Trinajstić information content (AvgIpc) is 2.31. The Hall–Kier alpha value is 0.137. The molecular formula is C10H24N2Si. The summed E-state index contributed by atoms with van der Waals surface area (Å²) in [5.41, 5.74) is 5.91. The van der Waals surface area contributed by atoms with Crippen molar-refractivity contribution < 1.29 is 0 Å². The highest BCUT2D eigenvalue weighted by Crippen LogP contribution is 2.20. The molecule has 0 aliphatic carbocycles. The van der Waals surface area contributed by atoms with E-state index in [-0.39, 0.29) is 0 Å². The Morgan fingerprint density at radius 3 is 2.46 bits per heavy atom. The number of hydrogen-bond acceptors (Lipinski definition) is 2. The van der Waals surface area contributed by atoms with E-state index < -0.39 is 8.07 Å². The number of likely N-dealkylation sites (tertiary alicyclic amines) is 1. The summed E-state index contributed by atoms with van der Waals surface area (Å²) < 4.78 is 0. The predicted molar refractivity (Wildman–Crippen MR) is 61.5 cm³/mol. The van der Waals surface area contributed by atoms with E-state index in [1.165, 1.54) is 25.7 Å². The number of nitrogens with two attached hydrogens (primary N) is 1. The van der Waals surface area contributed by atoms with Gasteiger partial charge in [0.25, 0.3) is 0 Å². The summed E-state index contributed by atoms with van der Waals surface area (Å²) in [4.78, 5) is 2.61. The van der Waals surface area contributed by atoms with Crippen molar-refractivity contribution in [1.82, 2.24) is 4.90 Å². The van der Waals surface area contributed by atoms with E-state index in [9.17, 15) is 0 Å². The predicted octanol–water partition coefficient (Wildman–Crippen LogP) is 1.53. The molecule has 1 rings (SSSR count). The van der Waals surface area contributed by atoms with Crippen LogP contribution in [0.25, 0.3) is 0 Å². The lowest BCUT2D eigenvalue weighted by Gasteiger charge is -2.25. The molecular weight excluding hydrogens is 176 g/mol. The minimum absolute atomic E-state index is 0.381. The highest BCUT2D eigenvalue weighted by Gasteiger charge is 2.28. The molecule has 1 aliphatic rings. The summed E-state index contributed by atoms with van der Waals surface area (Å²) in [5, 5.41) is 0. The zero-order valence-electron chi connectivity index (χ0n) is 9.51. The lowest BCUT2D eigenvalue weighted by molar-refractivity contribution is 0.356. The Balaban J connectivity index is 2.33. The summed E-state index contributed by atoms with van der Waals surface area (Å²) >= 11 is 0. The zero-order chi connectivity index (χ0) is 10.1. The Bertz CT molecular complexity index is 163. The maximum absolute atomic E-state index is 5.91. The van der Waals surface area contributed by atoms with Crippen LogP contribution in [0.1, 0.15) is 13.3 Å². The van der Waals surface area contributed by atoms with Gasteiger partial charge in [0.2, 0.25) is 0 Å². The molecule has 0 aromatic carbocycles. The van der Waals surface area contributed by atoms with E-state index in [0.29, 0.717) is 6.04 Å². The minimum Gasteiger partial charge on any atom is -0.328 e. The summed E-state index contributed by atoms with van der Waals surface area (Å²) in [5.74, 6) is 0.747.